The normalized spacial score (nSPS) is 13.9. The summed E-state index contributed by atoms with van der Waals surface area (Å²) in [6.07, 6.45) is 1.26. The summed E-state index contributed by atoms with van der Waals surface area (Å²) in [5, 5.41) is 9.57. The Labute approximate surface area is 114 Å². The van der Waals surface area contributed by atoms with Crippen molar-refractivity contribution >= 4 is 11.9 Å². The number of aliphatic hydroxyl groups excluding tert-OH is 1. The summed E-state index contributed by atoms with van der Waals surface area (Å²) in [5.74, 6) is -0.855. The van der Waals surface area contributed by atoms with Crippen LogP contribution in [-0.4, -0.2) is 36.4 Å². The van der Waals surface area contributed by atoms with E-state index in [1.807, 2.05) is 6.92 Å². The first-order valence-corrected chi connectivity index (χ1v) is 6.40. The molecule has 1 atom stereocenters. The van der Waals surface area contributed by atoms with Gasteiger partial charge in [-0.25, -0.2) is 4.79 Å². The van der Waals surface area contributed by atoms with E-state index in [0.29, 0.717) is 12.0 Å². The van der Waals surface area contributed by atoms with E-state index >= 15 is 0 Å². The van der Waals surface area contributed by atoms with Gasteiger partial charge in [-0.05, 0) is 34.1 Å². The summed E-state index contributed by atoms with van der Waals surface area (Å²) in [7, 11) is 0. The molecule has 1 unspecified atom stereocenters. The van der Waals surface area contributed by atoms with Gasteiger partial charge in [0.1, 0.15) is 19.3 Å². The smallest absolute Gasteiger partial charge is 0.333 e. The topological polar surface area (TPSA) is 72.8 Å². The van der Waals surface area contributed by atoms with Crippen molar-refractivity contribution in [2.75, 3.05) is 13.2 Å². The summed E-state index contributed by atoms with van der Waals surface area (Å²) in [5.41, 5.74) is -0.103. The SMILES string of the molecule is C/C=C(\C)C(=O)OCC(O)COC(=O)C(C)(C)CC. The lowest BCUT2D eigenvalue weighted by Crippen LogP contribution is -2.31. The molecule has 0 aromatic heterocycles. The fourth-order valence-corrected chi connectivity index (χ4v) is 0.963. The molecule has 110 valence electrons. The summed E-state index contributed by atoms with van der Waals surface area (Å²) in [6.45, 7) is 8.42. The first-order valence-electron chi connectivity index (χ1n) is 6.40. The number of rotatable bonds is 7. The maximum atomic E-state index is 11.6. The fraction of sp³-hybridized carbons (Fsp3) is 0.714. The zero-order chi connectivity index (χ0) is 15.1. The molecule has 0 heterocycles. The van der Waals surface area contributed by atoms with Crippen molar-refractivity contribution < 1.29 is 24.2 Å². The lowest BCUT2D eigenvalue weighted by Gasteiger charge is -2.21. The molecule has 0 saturated heterocycles. The fourth-order valence-electron chi connectivity index (χ4n) is 0.963. The highest BCUT2D eigenvalue weighted by Gasteiger charge is 2.27. The highest BCUT2D eigenvalue weighted by atomic mass is 16.6. The van der Waals surface area contributed by atoms with E-state index < -0.39 is 17.5 Å². The Kier molecular flexibility index (Phi) is 7.37. The van der Waals surface area contributed by atoms with Crippen LogP contribution in [0.1, 0.15) is 41.0 Å². The molecule has 5 nitrogen and oxygen atoms in total. The van der Waals surface area contributed by atoms with Gasteiger partial charge in [0.2, 0.25) is 0 Å². The quantitative estimate of drug-likeness (QED) is 0.565. The Morgan fingerprint density at radius 1 is 1.26 bits per heavy atom. The van der Waals surface area contributed by atoms with E-state index in [1.165, 1.54) is 0 Å². The van der Waals surface area contributed by atoms with Gasteiger partial charge in [-0.3, -0.25) is 4.79 Å². The predicted molar refractivity (Wildman–Crippen MR) is 71.4 cm³/mol. The van der Waals surface area contributed by atoms with Crippen molar-refractivity contribution in [1.82, 2.24) is 0 Å². The minimum atomic E-state index is -1.01. The second kappa shape index (κ2) is 7.94. The van der Waals surface area contributed by atoms with E-state index in [1.54, 1.807) is 33.8 Å². The Hall–Kier alpha value is -1.36. The second-order valence-corrected chi connectivity index (χ2v) is 5.06. The maximum absolute atomic E-state index is 11.6. The summed E-state index contributed by atoms with van der Waals surface area (Å²) in [4.78, 5) is 23.0. The molecular formula is C14H24O5. The molecule has 0 aromatic carbocycles. The van der Waals surface area contributed by atoms with Gasteiger partial charge in [0.05, 0.1) is 5.41 Å². The summed E-state index contributed by atoms with van der Waals surface area (Å²) < 4.78 is 9.84. The van der Waals surface area contributed by atoms with E-state index in [2.05, 4.69) is 0 Å². The molecular weight excluding hydrogens is 248 g/mol. The molecule has 19 heavy (non-hydrogen) atoms. The highest BCUT2D eigenvalue weighted by Crippen LogP contribution is 2.21. The molecule has 5 heteroatoms. The number of ether oxygens (including phenoxy) is 2. The van der Waals surface area contributed by atoms with E-state index in [9.17, 15) is 14.7 Å². The molecule has 0 spiro atoms. The third kappa shape index (κ3) is 6.38. The molecule has 0 rings (SSSR count). The highest BCUT2D eigenvalue weighted by molar-refractivity contribution is 5.87. The average Bonchev–Trinajstić information content (AvgIpc) is 2.40. The van der Waals surface area contributed by atoms with Gasteiger partial charge < -0.3 is 14.6 Å². The van der Waals surface area contributed by atoms with Crippen LogP contribution in [0.5, 0.6) is 0 Å². The molecule has 0 bridgehead atoms. The molecule has 0 amide bonds. The van der Waals surface area contributed by atoms with Crippen molar-refractivity contribution in [3.05, 3.63) is 11.6 Å². The van der Waals surface area contributed by atoms with Crippen LogP contribution in [0, 0.1) is 5.41 Å². The maximum Gasteiger partial charge on any atom is 0.333 e. The number of allylic oxidation sites excluding steroid dienone is 1. The lowest BCUT2D eigenvalue weighted by atomic mass is 9.91. The predicted octanol–water partition coefficient (Wildman–Crippen LogP) is 1.84. The third-order valence-electron chi connectivity index (χ3n) is 3.01. The minimum absolute atomic E-state index is 0.176. The van der Waals surface area contributed by atoms with Crippen LogP contribution in [-0.2, 0) is 19.1 Å². The molecule has 1 N–H and O–H groups in total. The van der Waals surface area contributed by atoms with Crippen LogP contribution >= 0.6 is 0 Å². The van der Waals surface area contributed by atoms with Crippen molar-refractivity contribution in [1.29, 1.82) is 0 Å². The molecule has 0 fully saturated rings. The largest absolute Gasteiger partial charge is 0.462 e. The first-order chi connectivity index (χ1) is 8.74. The second-order valence-electron chi connectivity index (χ2n) is 5.06. The van der Waals surface area contributed by atoms with Gasteiger partial charge in [-0.15, -0.1) is 0 Å². The molecule has 0 aliphatic carbocycles. The van der Waals surface area contributed by atoms with Crippen LogP contribution in [0.2, 0.25) is 0 Å². The number of carbonyl (C=O) groups is 2. The zero-order valence-electron chi connectivity index (χ0n) is 12.4. The van der Waals surface area contributed by atoms with Gasteiger partial charge in [0.15, 0.2) is 0 Å². The number of aliphatic hydroxyl groups is 1. The Bertz CT molecular complexity index is 344. The molecule has 0 aromatic rings. The van der Waals surface area contributed by atoms with Gasteiger partial charge >= 0.3 is 11.9 Å². The number of hydrogen-bond acceptors (Lipinski definition) is 5. The van der Waals surface area contributed by atoms with E-state index in [-0.39, 0.29) is 19.2 Å². The average molecular weight is 272 g/mol. The van der Waals surface area contributed by atoms with Crippen molar-refractivity contribution in [3.63, 3.8) is 0 Å². The van der Waals surface area contributed by atoms with E-state index in [0.717, 1.165) is 0 Å². The van der Waals surface area contributed by atoms with Crippen molar-refractivity contribution in [2.24, 2.45) is 5.41 Å². The standard InChI is InChI=1S/C14H24O5/c1-6-10(3)12(16)18-8-11(15)9-19-13(17)14(4,5)7-2/h6,11,15H,7-9H2,1-5H3/b10-6+. The Balaban J connectivity index is 4.04. The van der Waals surface area contributed by atoms with Crippen LogP contribution in [0.4, 0.5) is 0 Å². The van der Waals surface area contributed by atoms with Gasteiger partial charge in [-0.2, -0.15) is 0 Å². The first kappa shape index (κ1) is 17.6. The lowest BCUT2D eigenvalue weighted by molar-refractivity contribution is -0.159. The number of hydrogen-bond donors (Lipinski definition) is 1. The van der Waals surface area contributed by atoms with Crippen molar-refractivity contribution in [3.8, 4) is 0 Å². The van der Waals surface area contributed by atoms with Crippen LogP contribution in [0.15, 0.2) is 11.6 Å². The zero-order valence-corrected chi connectivity index (χ0v) is 12.4. The number of esters is 2. The monoisotopic (exact) mass is 272 g/mol. The Morgan fingerprint density at radius 2 is 1.79 bits per heavy atom. The van der Waals surface area contributed by atoms with Crippen LogP contribution < -0.4 is 0 Å². The molecule has 0 saturated carbocycles. The van der Waals surface area contributed by atoms with Crippen molar-refractivity contribution in [2.45, 2.75) is 47.1 Å². The molecule has 0 aliphatic heterocycles. The molecule has 0 aliphatic rings. The minimum Gasteiger partial charge on any atom is -0.462 e. The molecule has 0 radical (unpaired) electrons. The third-order valence-corrected chi connectivity index (χ3v) is 3.01. The van der Waals surface area contributed by atoms with Gasteiger partial charge in [0.25, 0.3) is 0 Å². The number of carbonyl (C=O) groups excluding carboxylic acids is 2. The van der Waals surface area contributed by atoms with Crippen LogP contribution in [0.25, 0.3) is 0 Å². The van der Waals surface area contributed by atoms with Crippen LogP contribution in [0.3, 0.4) is 0 Å². The summed E-state index contributed by atoms with van der Waals surface area (Å²) in [6, 6.07) is 0. The van der Waals surface area contributed by atoms with Gasteiger partial charge in [-0.1, -0.05) is 13.0 Å². The van der Waals surface area contributed by atoms with E-state index in [4.69, 9.17) is 9.47 Å². The summed E-state index contributed by atoms with van der Waals surface area (Å²) >= 11 is 0. The van der Waals surface area contributed by atoms with Gasteiger partial charge in [0, 0.05) is 5.57 Å². The Morgan fingerprint density at radius 3 is 2.26 bits per heavy atom.